The monoisotopic (exact) mass is 284 g/mol. The number of hydrogen-bond donors (Lipinski definition) is 0. The smallest absolute Gasteiger partial charge is 0.227 e. The minimum Gasteiger partial charge on any atom is -0.383 e. The van der Waals surface area contributed by atoms with E-state index in [-0.39, 0.29) is 23.8 Å². The molecule has 0 aromatic heterocycles. The second kappa shape index (κ2) is 8.25. The average Bonchev–Trinajstić information content (AvgIpc) is 2.81. The van der Waals surface area contributed by atoms with Gasteiger partial charge in [-0.2, -0.15) is 0 Å². The molecule has 0 N–H and O–H groups in total. The van der Waals surface area contributed by atoms with Gasteiger partial charge in [0.05, 0.1) is 18.6 Å². The number of methoxy groups -OCH3 is 1. The van der Waals surface area contributed by atoms with Crippen LogP contribution in [0.2, 0.25) is 0 Å². The molecular weight excluding hydrogens is 256 g/mol. The van der Waals surface area contributed by atoms with E-state index in [0.29, 0.717) is 19.6 Å². The van der Waals surface area contributed by atoms with Gasteiger partial charge in [-0.05, 0) is 20.3 Å². The number of ether oxygens (including phenoxy) is 1. The van der Waals surface area contributed by atoms with Crippen molar-refractivity contribution in [3.05, 3.63) is 0 Å². The Hall–Kier alpha value is -1.10. The summed E-state index contributed by atoms with van der Waals surface area (Å²) in [7, 11) is 1.63. The molecule has 5 nitrogen and oxygen atoms in total. The Kier molecular flexibility index (Phi) is 6.99. The number of hydrogen-bond acceptors (Lipinski definition) is 3. The minimum atomic E-state index is -0.182. The van der Waals surface area contributed by atoms with Crippen LogP contribution >= 0.6 is 0 Å². The summed E-state index contributed by atoms with van der Waals surface area (Å²) in [5.74, 6) is 0.0134. The molecule has 0 radical (unpaired) electrons. The van der Waals surface area contributed by atoms with Gasteiger partial charge in [0.2, 0.25) is 11.8 Å². The summed E-state index contributed by atoms with van der Waals surface area (Å²) < 4.78 is 5.09. The summed E-state index contributed by atoms with van der Waals surface area (Å²) in [6.45, 7) is 8.64. The molecule has 116 valence electrons. The summed E-state index contributed by atoms with van der Waals surface area (Å²) in [5, 5.41) is 0. The average molecular weight is 284 g/mol. The van der Waals surface area contributed by atoms with Crippen LogP contribution < -0.4 is 0 Å². The second-order valence-electron chi connectivity index (χ2n) is 5.52. The van der Waals surface area contributed by atoms with E-state index in [0.717, 1.165) is 25.9 Å². The number of carbonyl (C=O) groups is 2. The highest BCUT2D eigenvalue weighted by Gasteiger charge is 2.37. The molecule has 2 atom stereocenters. The van der Waals surface area contributed by atoms with Gasteiger partial charge in [0.25, 0.3) is 0 Å². The van der Waals surface area contributed by atoms with Gasteiger partial charge in [-0.1, -0.05) is 13.3 Å². The predicted molar refractivity (Wildman–Crippen MR) is 78.3 cm³/mol. The van der Waals surface area contributed by atoms with Crippen LogP contribution in [-0.2, 0) is 14.3 Å². The topological polar surface area (TPSA) is 49.9 Å². The van der Waals surface area contributed by atoms with E-state index in [1.807, 2.05) is 18.7 Å². The lowest BCUT2D eigenvalue weighted by molar-refractivity contribution is -0.135. The van der Waals surface area contributed by atoms with Gasteiger partial charge < -0.3 is 14.5 Å². The molecule has 20 heavy (non-hydrogen) atoms. The molecule has 1 rings (SSSR count). The molecule has 0 aromatic carbocycles. The van der Waals surface area contributed by atoms with Gasteiger partial charge in [0, 0.05) is 33.2 Å². The number of amides is 2. The van der Waals surface area contributed by atoms with E-state index in [9.17, 15) is 9.59 Å². The van der Waals surface area contributed by atoms with Crippen LogP contribution in [0.4, 0.5) is 0 Å². The van der Waals surface area contributed by atoms with Crippen molar-refractivity contribution in [3.8, 4) is 0 Å². The zero-order valence-electron chi connectivity index (χ0n) is 13.2. The molecule has 0 unspecified atom stereocenters. The Bertz CT molecular complexity index is 333. The van der Waals surface area contributed by atoms with Crippen LogP contribution in [-0.4, -0.2) is 61.0 Å². The molecule has 2 amide bonds. The molecule has 0 saturated carbocycles. The Morgan fingerprint density at radius 1 is 1.50 bits per heavy atom. The molecule has 0 spiro atoms. The third kappa shape index (κ3) is 4.20. The summed E-state index contributed by atoms with van der Waals surface area (Å²) in [5.41, 5.74) is 0. The van der Waals surface area contributed by atoms with Crippen LogP contribution in [0, 0.1) is 5.92 Å². The summed E-state index contributed by atoms with van der Waals surface area (Å²) >= 11 is 0. The second-order valence-corrected chi connectivity index (χ2v) is 5.52. The van der Waals surface area contributed by atoms with E-state index < -0.39 is 0 Å². The van der Waals surface area contributed by atoms with E-state index in [1.54, 1.807) is 12.0 Å². The van der Waals surface area contributed by atoms with Crippen molar-refractivity contribution in [1.29, 1.82) is 0 Å². The lowest BCUT2D eigenvalue weighted by atomic mass is 10.1. The van der Waals surface area contributed by atoms with Crippen LogP contribution in [0.15, 0.2) is 0 Å². The Labute approximate surface area is 122 Å². The predicted octanol–water partition coefficient (Wildman–Crippen LogP) is 1.52. The SMILES string of the molecule is CCCCN(CC)C(=O)[C@H]1CC(=O)N([C@@H](C)COC)C1. The fourth-order valence-electron chi connectivity index (χ4n) is 2.69. The van der Waals surface area contributed by atoms with Crippen LogP contribution in [0.1, 0.15) is 40.0 Å². The van der Waals surface area contributed by atoms with E-state index >= 15 is 0 Å². The third-order valence-corrected chi connectivity index (χ3v) is 3.92. The molecule has 0 bridgehead atoms. The molecule has 1 aliphatic rings. The molecule has 0 aliphatic carbocycles. The highest BCUT2D eigenvalue weighted by Crippen LogP contribution is 2.22. The summed E-state index contributed by atoms with van der Waals surface area (Å²) in [6, 6.07) is 0.0380. The van der Waals surface area contributed by atoms with Gasteiger partial charge in [-0.3, -0.25) is 9.59 Å². The lowest BCUT2D eigenvalue weighted by Gasteiger charge is -2.26. The fraction of sp³-hybridized carbons (Fsp3) is 0.867. The molecule has 1 heterocycles. The Morgan fingerprint density at radius 3 is 2.75 bits per heavy atom. The van der Waals surface area contributed by atoms with Crippen molar-refractivity contribution in [1.82, 2.24) is 9.80 Å². The fourth-order valence-corrected chi connectivity index (χ4v) is 2.69. The van der Waals surface area contributed by atoms with Gasteiger partial charge in [0.1, 0.15) is 0 Å². The van der Waals surface area contributed by atoms with Crippen molar-refractivity contribution in [3.63, 3.8) is 0 Å². The first-order chi connectivity index (χ1) is 9.54. The zero-order valence-corrected chi connectivity index (χ0v) is 13.2. The molecule has 1 aliphatic heterocycles. The van der Waals surface area contributed by atoms with Crippen LogP contribution in [0.25, 0.3) is 0 Å². The van der Waals surface area contributed by atoms with E-state index in [4.69, 9.17) is 4.74 Å². The maximum atomic E-state index is 12.5. The summed E-state index contributed by atoms with van der Waals surface area (Å²) in [4.78, 5) is 28.2. The first kappa shape index (κ1) is 17.0. The number of carbonyl (C=O) groups excluding carboxylic acids is 2. The minimum absolute atomic E-state index is 0.0380. The van der Waals surface area contributed by atoms with Gasteiger partial charge in [-0.25, -0.2) is 0 Å². The standard InChI is InChI=1S/C15H28N2O3/c1-5-7-8-16(6-2)15(19)13-9-14(18)17(10-13)12(3)11-20-4/h12-13H,5-11H2,1-4H3/t12-,13-/m0/s1. The molecular formula is C15H28N2O3. The summed E-state index contributed by atoms with van der Waals surface area (Å²) in [6.07, 6.45) is 2.43. The number of nitrogens with zero attached hydrogens (tertiary/aromatic N) is 2. The molecule has 1 saturated heterocycles. The first-order valence-electron chi connectivity index (χ1n) is 7.62. The lowest BCUT2D eigenvalue weighted by Crippen LogP contribution is -2.40. The van der Waals surface area contributed by atoms with Crippen LogP contribution in [0.5, 0.6) is 0 Å². The number of rotatable bonds is 8. The molecule has 1 fully saturated rings. The van der Waals surface area contributed by atoms with E-state index in [2.05, 4.69) is 6.92 Å². The Morgan fingerprint density at radius 2 is 2.20 bits per heavy atom. The number of unbranched alkanes of at least 4 members (excludes halogenated alkanes) is 1. The van der Waals surface area contributed by atoms with Crippen molar-refractivity contribution in [2.45, 2.75) is 46.1 Å². The van der Waals surface area contributed by atoms with Gasteiger partial charge >= 0.3 is 0 Å². The number of likely N-dealkylation sites (tertiary alicyclic amines) is 1. The quantitative estimate of drug-likeness (QED) is 0.679. The maximum Gasteiger partial charge on any atom is 0.227 e. The van der Waals surface area contributed by atoms with Crippen molar-refractivity contribution < 1.29 is 14.3 Å². The Balaban J connectivity index is 2.60. The van der Waals surface area contributed by atoms with Gasteiger partial charge in [0.15, 0.2) is 0 Å². The molecule has 0 aromatic rings. The van der Waals surface area contributed by atoms with Crippen LogP contribution in [0.3, 0.4) is 0 Å². The largest absolute Gasteiger partial charge is 0.383 e. The highest BCUT2D eigenvalue weighted by molar-refractivity contribution is 5.89. The van der Waals surface area contributed by atoms with Crippen molar-refractivity contribution in [2.75, 3.05) is 33.4 Å². The first-order valence-corrected chi connectivity index (χ1v) is 7.62. The van der Waals surface area contributed by atoms with Gasteiger partial charge in [-0.15, -0.1) is 0 Å². The van der Waals surface area contributed by atoms with Crippen molar-refractivity contribution in [2.24, 2.45) is 5.92 Å². The normalized spacial score (nSPS) is 20.3. The third-order valence-electron chi connectivity index (χ3n) is 3.92. The van der Waals surface area contributed by atoms with E-state index in [1.165, 1.54) is 0 Å². The van der Waals surface area contributed by atoms with Crippen molar-refractivity contribution >= 4 is 11.8 Å². The molecule has 5 heteroatoms. The maximum absolute atomic E-state index is 12.5. The zero-order chi connectivity index (χ0) is 15.1. The highest BCUT2D eigenvalue weighted by atomic mass is 16.5.